The quantitative estimate of drug-likeness (QED) is 0.788. The molecule has 112 valence electrons. The van der Waals surface area contributed by atoms with Crippen LogP contribution in [0.25, 0.3) is 0 Å². The van der Waals surface area contributed by atoms with Gasteiger partial charge in [0, 0.05) is 23.6 Å². The first kappa shape index (κ1) is 15.0. The topological polar surface area (TPSA) is 20.3 Å². The van der Waals surface area contributed by atoms with E-state index in [1.54, 1.807) is 6.08 Å². The zero-order chi connectivity index (χ0) is 15.5. The van der Waals surface area contributed by atoms with Crippen molar-refractivity contribution in [1.29, 1.82) is 0 Å². The normalized spacial score (nSPS) is 17.8. The summed E-state index contributed by atoms with van der Waals surface area (Å²) in [6.07, 6.45) is 4.16. The van der Waals surface area contributed by atoms with E-state index in [4.69, 9.17) is 0 Å². The Bertz CT molecular complexity index is 706. The van der Waals surface area contributed by atoms with Crippen LogP contribution in [0.4, 0.5) is 0 Å². The Morgan fingerprint density at radius 3 is 2.59 bits per heavy atom. The van der Waals surface area contributed by atoms with Crippen molar-refractivity contribution in [2.75, 3.05) is 0 Å². The van der Waals surface area contributed by atoms with E-state index in [2.05, 4.69) is 64.2 Å². The first-order valence-corrected chi connectivity index (χ1v) is 8.19. The second-order valence-corrected chi connectivity index (χ2v) is 6.57. The van der Waals surface area contributed by atoms with Gasteiger partial charge in [-0.1, -0.05) is 52.3 Å². The first-order valence-electron chi connectivity index (χ1n) is 7.40. The fourth-order valence-electron chi connectivity index (χ4n) is 2.87. The minimum Gasteiger partial charge on any atom is -0.366 e. The van der Waals surface area contributed by atoms with Crippen LogP contribution in [0.5, 0.6) is 0 Å². The van der Waals surface area contributed by atoms with E-state index in [9.17, 15) is 4.79 Å². The number of ketones is 1. The number of nitrogens with zero attached hydrogens (tertiary/aromatic N) is 1. The van der Waals surface area contributed by atoms with Crippen LogP contribution in [0.2, 0.25) is 0 Å². The van der Waals surface area contributed by atoms with Gasteiger partial charge in [-0.3, -0.25) is 4.79 Å². The highest BCUT2D eigenvalue weighted by molar-refractivity contribution is 9.10. The molecule has 1 aliphatic heterocycles. The van der Waals surface area contributed by atoms with Crippen LogP contribution in [0.1, 0.15) is 29.2 Å². The van der Waals surface area contributed by atoms with Gasteiger partial charge in [0.05, 0.1) is 6.04 Å². The minimum absolute atomic E-state index is 0.113. The lowest BCUT2D eigenvalue weighted by Crippen LogP contribution is -2.29. The second-order valence-electron chi connectivity index (χ2n) is 5.66. The van der Waals surface area contributed by atoms with E-state index in [1.165, 1.54) is 16.7 Å². The summed E-state index contributed by atoms with van der Waals surface area (Å²) in [5, 5.41) is 0. The number of rotatable bonds is 3. The van der Waals surface area contributed by atoms with E-state index < -0.39 is 0 Å². The summed E-state index contributed by atoms with van der Waals surface area (Å²) in [4.78, 5) is 14.1. The lowest BCUT2D eigenvalue weighted by molar-refractivity contribution is -0.116. The van der Waals surface area contributed by atoms with Crippen LogP contribution in [0.15, 0.2) is 65.3 Å². The highest BCUT2D eigenvalue weighted by Crippen LogP contribution is 2.31. The van der Waals surface area contributed by atoms with Gasteiger partial charge >= 0.3 is 0 Å². The second kappa shape index (κ2) is 6.49. The van der Waals surface area contributed by atoms with Crippen molar-refractivity contribution in [2.24, 2.45) is 0 Å². The van der Waals surface area contributed by atoms with Crippen LogP contribution in [0.3, 0.4) is 0 Å². The largest absolute Gasteiger partial charge is 0.366 e. The molecule has 1 atom stereocenters. The van der Waals surface area contributed by atoms with Crippen molar-refractivity contribution >= 4 is 21.7 Å². The summed E-state index contributed by atoms with van der Waals surface area (Å²) in [5.74, 6) is 0.195. The summed E-state index contributed by atoms with van der Waals surface area (Å²) >= 11 is 3.46. The molecule has 3 rings (SSSR count). The minimum atomic E-state index is 0.113. The third-order valence-corrected chi connectivity index (χ3v) is 4.60. The van der Waals surface area contributed by atoms with E-state index in [-0.39, 0.29) is 11.8 Å². The van der Waals surface area contributed by atoms with E-state index in [1.807, 2.05) is 18.3 Å². The molecule has 22 heavy (non-hydrogen) atoms. The standard InChI is InChI=1S/C19H18BrNO/c1-14-4-2-3-5-18(14)19-12-17(22)10-11-21(19)13-15-6-8-16(20)9-7-15/h2-11,19H,12-13H2,1H3/t19-/m0/s1. The van der Waals surface area contributed by atoms with Crippen molar-refractivity contribution in [3.05, 3.63) is 82.0 Å². The zero-order valence-corrected chi connectivity index (χ0v) is 14.1. The summed E-state index contributed by atoms with van der Waals surface area (Å²) in [7, 11) is 0. The zero-order valence-electron chi connectivity index (χ0n) is 12.5. The van der Waals surface area contributed by atoms with Gasteiger partial charge in [0.2, 0.25) is 0 Å². The van der Waals surface area contributed by atoms with Crippen LogP contribution in [0, 0.1) is 6.92 Å². The molecule has 2 nitrogen and oxygen atoms in total. The molecule has 0 aliphatic carbocycles. The molecule has 0 aromatic heterocycles. The number of carbonyl (C=O) groups excluding carboxylic acids is 1. The maximum atomic E-state index is 11.9. The van der Waals surface area contributed by atoms with Gasteiger partial charge in [0.15, 0.2) is 5.78 Å². The molecule has 1 heterocycles. The van der Waals surface area contributed by atoms with Crippen LogP contribution < -0.4 is 0 Å². The Balaban J connectivity index is 1.89. The van der Waals surface area contributed by atoms with Crippen LogP contribution >= 0.6 is 15.9 Å². The highest BCUT2D eigenvalue weighted by atomic mass is 79.9. The van der Waals surface area contributed by atoms with Crippen molar-refractivity contribution in [3.63, 3.8) is 0 Å². The van der Waals surface area contributed by atoms with Gasteiger partial charge in [-0.25, -0.2) is 0 Å². The van der Waals surface area contributed by atoms with Gasteiger partial charge in [0.1, 0.15) is 0 Å². The van der Waals surface area contributed by atoms with Crippen molar-refractivity contribution in [1.82, 2.24) is 4.90 Å². The number of hydrogen-bond donors (Lipinski definition) is 0. The third-order valence-electron chi connectivity index (χ3n) is 4.07. The predicted molar refractivity (Wildman–Crippen MR) is 92.4 cm³/mol. The Kier molecular flexibility index (Phi) is 4.44. The van der Waals surface area contributed by atoms with Crippen molar-refractivity contribution in [3.8, 4) is 0 Å². The number of benzene rings is 2. The molecule has 0 fully saturated rings. The summed E-state index contributed by atoms with van der Waals surface area (Å²) < 4.78 is 1.08. The molecule has 0 saturated carbocycles. The van der Waals surface area contributed by atoms with Gasteiger partial charge in [-0.2, -0.15) is 0 Å². The van der Waals surface area contributed by atoms with Crippen LogP contribution in [-0.2, 0) is 11.3 Å². The molecule has 0 amide bonds. The Labute approximate surface area is 139 Å². The molecule has 0 saturated heterocycles. The molecule has 0 unspecified atom stereocenters. The number of allylic oxidation sites excluding steroid dienone is 1. The van der Waals surface area contributed by atoms with Gasteiger partial charge in [-0.05, 0) is 41.8 Å². The predicted octanol–water partition coefficient (Wildman–Crippen LogP) is 4.79. The lowest BCUT2D eigenvalue weighted by atomic mass is 9.93. The van der Waals surface area contributed by atoms with E-state index >= 15 is 0 Å². The average molecular weight is 356 g/mol. The Morgan fingerprint density at radius 1 is 1.14 bits per heavy atom. The number of halogens is 1. The number of aryl methyl sites for hydroxylation is 1. The summed E-state index contributed by atoms with van der Waals surface area (Å²) in [5.41, 5.74) is 3.70. The van der Waals surface area contributed by atoms with E-state index in [0.717, 1.165) is 11.0 Å². The molecule has 0 N–H and O–H groups in total. The molecule has 0 radical (unpaired) electrons. The highest BCUT2D eigenvalue weighted by Gasteiger charge is 2.25. The number of hydrogen-bond acceptors (Lipinski definition) is 2. The fourth-order valence-corrected chi connectivity index (χ4v) is 3.14. The maximum absolute atomic E-state index is 11.9. The average Bonchev–Trinajstić information content (AvgIpc) is 2.52. The lowest BCUT2D eigenvalue weighted by Gasteiger charge is -2.34. The van der Waals surface area contributed by atoms with E-state index in [0.29, 0.717) is 6.42 Å². The molecule has 2 aromatic rings. The van der Waals surface area contributed by atoms with Crippen molar-refractivity contribution < 1.29 is 4.79 Å². The summed E-state index contributed by atoms with van der Waals surface area (Å²) in [6.45, 7) is 2.91. The molecule has 1 aliphatic rings. The third kappa shape index (κ3) is 3.30. The van der Waals surface area contributed by atoms with Crippen LogP contribution in [-0.4, -0.2) is 10.7 Å². The Morgan fingerprint density at radius 2 is 1.86 bits per heavy atom. The molecular weight excluding hydrogens is 338 g/mol. The molecular formula is C19H18BrNO. The smallest absolute Gasteiger partial charge is 0.159 e. The Hall–Kier alpha value is -1.87. The summed E-state index contributed by atoms with van der Waals surface area (Å²) in [6, 6.07) is 16.8. The SMILES string of the molecule is Cc1ccccc1[C@@H]1CC(=O)C=CN1Cc1ccc(Br)cc1. The van der Waals surface area contributed by atoms with Gasteiger partial charge in [0.25, 0.3) is 0 Å². The monoisotopic (exact) mass is 355 g/mol. The van der Waals surface area contributed by atoms with Crippen molar-refractivity contribution in [2.45, 2.75) is 25.9 Å². The first-order chi connectivity index (χ1) is 10.6. The van der Waals surface area contributed by atoms with Gasteiger partial charge < -0.3 is 4.90 Å². The maximum Gasteiger partial charge on any atom is 0.159 e. The molecule has 3 heteroatoms. The number of carbonyl (C=O) groups is 1. The molecule has 0 spiro atoms. The molecule has 0 bridgehead atoms. The van der Waals surface area contributed by atoms with Gasteiger partial charge in [-0.15, -0.1) is 0 Å². The molecule has 2 aromatic carbocycles. The fraction of sp³-hybridized carbons (Fsp3) is 0.211.